The number of anilines is 2. The molecule has 1 aliphatic heterocycles. The second-order valence-electron chi connectivity index (χ2n) is 7.04. The summed E-state index contributed by atoms with van der Waals surface area (Å²) in [6.45, 7) is 0.996. The molecular formula is C22H22N6. The summed E-state index contributed by atoms with van der Waals surface area (Å²) in [6, 6.07) is 18.4. The Morgan fingerprint density at radius 2 is 1.82 bits per heavy atom. The number of fused-ring (bicyclic) bond motifs is 1. The van der Waals surface area contributed by atoms with Crippen LogP contribution in [0.1, 0.15) is 19.3 Å². The molecule has 1 fully saturated rings. The maximum atomic E-state index is 4.72. The minimum Gasteiger partial charge on any atom is -0.362 e. The summed E-state index contributed by atoms with van der Waals surface area (Å²) in [5.74, 6) is 1.01. The Morgan fingerprint density at radius 1 is 0.929 bits per heavy atom. The van der Waals surface area contributed by atoms with E-state index in [1.807, 2.05) is 47.2 Å². The fraction of sp³-hybridized carbons (Fsp3) is 0.227. The van der Waals surface area contributed by atoms with Gasteiger partial charge in [-0.1, -0.05) is 36.4 Å². The van der Waals surface area contributed by atoms with Crippen LogP contribution in [0.15, 0.2) is 73.2 Å². The van der Waals surface area contributed by atoms with Crippen molar-refractivity contribution < 1.29 is 0 Å². The number of benzene rings is 1. The lowest BCUT2D eigenvalue weighted by molar-refractivity contribution is 0.489. The van der Waals surface area contributed by atoms with Gasteiger partial charge in [-0.2, -0.15) is 5.10 Å². The SMILES string of the molecule is c1ccc(-c2cc(NC3CCCCN3c3ccccn3)c3nccn3n2)cc1. The molecule has 0 radical (unpaired) electrons. The molecule has 6 heteroatoms. The lowest BCUT2D eigenvalue weighted by Gasteiger charge is -2.37. The number of aromatic nitrogens is 4. The molecule has 1 atom stereocenters. The first-order valence-corrected chi connectivity index (χ1v) is 9.72. The van der Waals surface area contributed by atoms with Crippen LogP contribution in [-0.4, -0.2) is 32.3 Å². The monoisotopic (exact) mass is 370 g/mol. The van der Waals surface area contributed by atoms with Gasteiger partial charge in [0.2, 0.25) is 0 Å². The van der Waals surface area contributed by atoms with Crippen molar-refractivity contribution >= 4 is 17.2 Å². The molecule has 1 N–H and O–H groups in total. The largest absolute Gasteiger partial charge is 0.362 e. The van der Waals surface area contributed by atoms with E-state index in [0.29, 0.717) is 0 Å². The van der Waals surface area contributed by atoms with Gasteiger partial charge in [-0.3, -0.25) is 0 Å². The number of hydrogen-bond acceptors (Lipinski definition) is 5. The summed E-state index contributed by atoms with van der Waals surface area (Å²) >= 11 is 0. The molecular weight excluding hydrogens is 348 g/mol. The van der Waals surface area contributed by atoms with Crippen molar-refractivity contribution in [2.75, 3.05) is 16.8 Å². The molecule has 0 spiro atoms. The van der Waals surface area contributed by atoms with E-state index < -0.39 is 0 Å². The van der Waals surface area contributed by atoms with Crippen molar-refractivity contribution in [2.45, 2.75) is 25.4 Å². The van der Waals surface area contributed by atoms with Gasteiger partial charge >= 0.3 is 0 Å². The molecule has 28 heavy (non-hydrogen) atoms. The Kier molecular flexibility index (Phi) is 4.37. The molecule has 4 aromatic rings. The molecule has 0 aliphatic carbocycles. The molecule has 1 aliphatic rings. The van der Waals surface area contributed by atoms with Crippen LogP contribution in [0.3, 0.4) is 0 Å². The third kappa shape index (κ3) is 3.17. The summed E-state index contributed by atoms with van der Waals surface area (Å²) in [6.07, 6.45) is 9.15. The summed E-state index contributed by atoms with van der Waals surface area (Å²) in [5, 5.41) is 8.46. The van der Waals surface area contributed by atoms with E-state index in [0.717, 1.165) is 41.4 Å². The summed E-state index contributed by atoms with van der Waals surface area (Å²) in [5.41, 5.74) is 3.85. The van der Waals surface area contributed by atoms with Gasteiger partial charge in [0, 0.05) is 30.7 Å². The number of rotatable bonds is 4. The number of pyridine rings is 1. The van der Waals surface area contributed by atoms with Crippen LogP contribution in [0.4, 0.5) is 11.5 Å². The third-order valence-corrected chi connectivity index (χ3v) is 5.20. The molecule has 1 saturated heterocycles. The van der Waals surface area contributed by atoms with Crippen LogP contribution in [0.2, 0.25) is 0 Å². The lowest BCUT2D eigenvalue weighted by Crippen LogP contribution is -2.45. The van der Waals surface area contributed by atoms with Gasteiger partial charge in [-0.25, -0.2) is 14.5 Å². The Bertz CT molecular complexity index is 1060. The zero-order valence-electron chi connectivity index (χ0n) is 15.6. The number of piperidine rings is 1. The Balaban J connectivity index is 1.52. The fourth-order valence-electron chi connectivity index (χ4n) is 3.83. The van der Waals surface area contributed by atoms with Crippen LogP contribution in [-0.2, 0) is 0 Å². The highest BCUT2D eigenvalue weighted by Crippen LogP contribution is 2.28. The molecule has 140 valence electrons. The standard InChI is InChI=1S/C22H22N6/c1-2-8-17(9-3-1)18-16-19(22-24-13-15-28(22)26-18)25-21-11-5-7-14-27(21)20-10-4-6-12-23-20/h1-4,6,8-10,12-13,15-16,21,25H,5,7,11,14H2. The van der Waals surface area contributed by atoms with Gasteiger partial charge in [0.25, 0.3) is 0 Å². The Hall–Kier alpha value is -3.41. The van der Waals surface area contributed by atoms with Crippen molar-refractivity contribution in [3.63, 3.8) is 0 Å². The molecule has 1 unspecified atom stereocenters. The van der Waals surface area contributed by atoms with E-state index in [1.54, 1.807) is 6.20 Å². The highest BCUT2D eigenvalue weighted by Gasteiger charge is 2.24. The number of imidazole rings is 1. The molecule has 6 nitrogen and oxygen atoms in total. The van der Waals surface area contributed by atoms with Crippen molar-refractivity contribution in [1.29, 1.82) is 0 Å². The minimum absolute atomic E-state index is 0.176. The van der Waals surface area contributed by atoms with E-state index in [2.05, 4.69) is 44.5 Å². The van der Waals surface area contributed by atoms with Crippen LogP contribution >= 0.6 is 0 Å². The summed E-state index contributed by atoms with van der Waals surface area (Å²) < 4.78 is 1.85. The zero-order chi connectivity index (χ0) is 18.8. The van der Waals surface area contributed by atoms with Gasteiger partial charge in [0.1, 0.15) is 12.0 Å². The third-order valence-electron chi connectivity index (χ3n) is 5.20. The van der Waals surface area contributed by atoms with Crippen LogP contribution in [0.25, 0.3) is 16.9 Å². The molecule has 0 amide bonds. The summed E-state index contributed by atoms with van der Waals surface area (Å²) in [7, 11) is 0. The molecule has 0 bridgehead atoms. The summed E-state index contributed by atoms with van der Waals surface area (Å²) in [4.78, 5) is 11.4. The molecule has 0 saturated carbocycles. The van der Waals surface area contributed by atoms with E-state index in [4.69, 9.17) is 5.10 Å². The molecule has 4 heterocycles. The van der Waals surface area contributed by atoms with Crippen LogP contribution in [0, 0.1) is 0 Å². The van der Waals surface area contributed by atoms with Gasteiger partial charge in [0.15, 0.2) is 5.65 Å². The Labute approximate surface area is 163 Å². The average Bonchev–Trinajstić information content (AvgIpc) is 3.24. The van der Waals surface area contributed by atoms with E-state index in [1.165, 1.54) is 12.8 Å². The second-order valence-corrected chi connectivity index (χ2v) is 7.04. The first-order valence-electron chi connectivity index (χ1n) is 9.72. The number of hydrogen-bond donors (Lipinski definition) is 1. The van der Waals surface area contributed by atoms with Crippen molar-refractivity contribution in [3.05, 3.63) is 73.2 Å². The molecule has 1 aromatic carbocycles. The first-order chi connectivity index (χ1) is 13.9. The van der Waals surface area contributed by atoms with Gasteiger partial charge < -0.3 is 10.2 Å². The fourth-order valence-corrected chi connectivity index (χ4v) is 3.83. The van der Waals surface area contributed by atoms with Gasteiger partial charge in [-0.05, 0) is 37.5 Å². The lowest BCUT2D eigenvalue weighted by atomic mass is 10.1. The second kappa shape index (κ2) is 7.31. The molecule has 5 rings (SSSR count). The van der Waals surface area contributed by atoms with Crippen molar-refractivity contribution in [1.82, 2.24) is 19.6 Å². The maximum absolute atomic E-state index is 4.72. The van der Waals surface area contributed by atoms with Crippen LogP contribution < -0.4 is 10.2 Å². The maximum Gasteiger partial charge on any atom is 0.177 e. The van der Waals surface area contributed by atoms with Crippen molar-refractivity contribution in [3.8, 4) is 11.3 Å². The van der Waals surface area contributed by atoms with Gasteiger partial charge in [0.05, 0.1) is 11.4 Å². The highest BCUT2D eigenvalue weighted by molar-refractivity contribution is 5.74. The number of nitrogens with one attached hydrogen (secondary N) is 1. The molecule has 3 aromatic heterocycles. The van der Waals surface area contributed by atoms with Crippen molar-refractivity contribution in [2.24, 2.45) is 0 Å². The average molecular weight is 370 g/mol. The van der Waals surface area contributed by atoms with Crippen LogP contribution in [0.5, 0.6) is 0 Å². The Morgan fingerprint density at radius 3 is 2.68 bits per heavy atom. The zero-order valence-corrected chi connectivity index (χ0v) is 15.6. The van der Waals surface area contributed by atoms with E-state index in [-0.39, 0.29) is 6.17 Å². The minimum atomic E-state index is 0.176. The smallest absolute Gasteiger partial charge is 0.177 e. The predicted octanol–water partition coefficient (Wildman–Crippen LogP) is 4.22. The predicted molar refractivity (Wildman–Crippen MR) is 111 cm³/mol. The normalized spacial score (nSPS) is 17.0. The number of nitrogens with zero attached hydrogens (tertiary/aromatic N) is 5. The first kappa shape index (κ1) is 16.7. The highest BCUT2D eigenvalue weighted by atomic mass is 15.3. The van der Waals surface area contributed by atoms with E-state index >= 15 is 0 Å². The quantitative estimate of drug-likeness (QED) is 0.583. The topological polar surface area (TPSA) is 58.3 Å². The van der Waals surface area contributed by atoms with Gasteiger partial charge in [-0.15, -0.1) is 0 Å². The van der Waals surface area contributed by atoms with E-state index in [9.17, 15) is 0 Å².